The minimum Gasteiger partial charge on any atom is -0.340 e. The fourth-order valence-corrected chi connectivity index (χ4v) is 3.05. The summed E-state index contributed by atoms with van der Waals surface area (Å²) in [6, 6.07) is 9.91. The number of anilines is 2. The van der Waals surface area contributed by atoms with Gasteiger partial charge in [-0.3, -0.25) is 4.79 Å². The standard InChI is InChI=1S/C19H24N4O/c1-14(2)15-8-4-5-9-16(15)22-18-12-17(20-13-21-18)19(24)23-10-6-3-7-11-23/h4-5,8-9,12-14H,3,6-7,10-11H2,1-2H3,(H,20,21,22). The van der Waals surface area contributed by atoms with Gasteiger partial charge in [0.15, 0.2) is 0 Å². The molecule has 0 atom stereocenters. The summed E-state index contributed by atoms with van der Waals surface area (Å²) in [6.07, 6.45) is 4.80. The lowest BCUT2D eigenvalue weighted by Gasteiger charge is -2.26. The molecule has 2 heterocycles. The van der Waals surface area contributed by atoms with Crippen molar-refractivity contribution in [2.45, 2.75) is 39.0 Å². The minimum atomic E-state index is -0.00250. The number of aromatic nitrogens is 2. The molecule has 0 unspecified atom stereocenters. The Morgan fingerprint density at radius 1 is 1.12 bits per heavy atom. The molecule has 1 aliphatic heterocycles. The lowest BCUT2D eigenvalue weighted by Crippen LogP contribution is -2.36. The predicted octanol–water partition coefficient (Wildman–Crippen LogP) is 3.97. The van der Waals surface area contributed by atoms with Gasteiger partial charge in [0.1, 0.15) is 17.8 Å². The van der Waals surface area contributed by atoms with Crippen LogP contribution in [0.2, 0.25) is 0 Å². The molecule has 1 N–H and O–H groups in total. The van der Waals surface area contributed by atoms with Crippen LogP contribution in [-0.4, -0.2) is 33.9 Å². The van der Waals surface area contributed by atoms with Crippen LogP contribution in [0.3, 0.4) is 0 Å². The number of nitrogens with zero attached hydrogens (tertiary/aromatic N) is 3. The first kappa shape index (κ1) is 16.4. The first-order valence-corrected chi connectivity index (χ1v) is 8.62. The van der Waals surface area contributed by atoms with Gasteiger partial charge in [-0.25, -0.2) is 9.97 Å². The van der Waals surface area contributed by atoms with Gasteiger partial charge in [0.2, 0.25) is 0 Å². The van der Waals surface area contributed by atoms with Gasteiger partial charge >= 0.3 is 0 Å². The molecular formula is C19H24N4O. The zero-order valence-electron chi connectivity index (χ0n) is 14.3. The highest BCUT2D eigenvalue weighted by molar-refractivity contribution is 5.93. The summed E-state index contributed by atoms with van der Waals surface area (Å²) in [5.74, 6) is 1.06. The molecule has 1 saturated heterocycles. The molecule has 1 aromatic carbocycles. The quantitative estimate of drug-likeness (QED) is 0.924. The maximum absolute atomic E-state index is 12.6. The van der Waals surface area contributed by atoms with Crippen molar-refractivity contribution in [1.29, 1.82) is 0 Å². The largest absolute Gasteiger partial charge is 0.340 e. The number of amides is 1. The topological polar surface area (TPSA) is 58.1 Å². The monoisotopic (exact) mass is 324 g/mol. The van der Waals surface area contributed by atoms with E-state index in [0.717, 1.165) is 31.6 Å². The van der Waals surface area contributed by atoms with Crippen molar-refractivity contribution >= 4 is 17.4 Å². The van der Waals surface area contributed by atoms with E-state index in [1.165, 1.54) is 18.3 Å². The van der Waals surface area contributed by atoms with E-state index in [4.69, 9.17) is 0 Å². The first-order valence-electron chi connectivity index (χ1n) is 8.62. The second-order valence-corrected chi connectivity index (χ2v) is 6.51. The number of nitrogens with one attached hydrogen (secondary N) is 1. The van der Waals surface area contributed by atoms with Crippen LogP contribution in [0.15, 0.2) is 36.7 Å². The Labute approximate surface area is 143 Å². The number of carbonyl (C=O) groups is 1. The van der Waals surface area contributed by atoms with Crippen LogP contribution in [0.25, 0.3) is 0 Å². The fraction of sp³-hybridized carbons (Fsp3) is 0.421. The number of carbonyl (C=O) groups excluding carboxylic acids is 1. The highest BCUT2D eigenvalue weighted by atomic mass is 16.2. The maximum Gasteiger partial charge on any atom is 0.272 e. The lowest BCUT2D eigenvalue weighted by molar-refractivity contribution is 0.0718. The summed E-state index contributed by atoms with van der Waals surface area (Å²) in [7, 11) is 0. The van der Waals surface area contributed by atoms with Gasteiger partial charge in [-0.1, -0.05) is 32.0 Å². The summed E-state index contributed by atoms with van der Waals surface area (Å²) in [4.78, 5) is 22.9. The van der Waals surface area contributed by atoms with Crippen molar-refractivity contribution in [3.63, 3.8) is 0 Å². The molecule has 0 saturated carbocycles. The van der Waals surface area contributed by atoms with Gasteiger partial charge in [0.25, 0.3) is 5.91 Å². The fourth-order valence-electron chi connectivity index (χ4n) is 3.05. The van der Waals surface area contributed by atoms with Gasteiger partial charge < -0.3 is 10.2 Å². The molecule has 3 rings (SSSR count). The van der Waals surface area contributed by atoms with E-state index in [1.54, 1.807) is 6.07 Å². The third kappa shape index (κ3) is 3.72. The number of rotatable bonds is 4. The van der Waals surface area contributed by atoms with E-state index < -0.39 is 0 Å². The van der Waals surface area contributed by atoms with E-state index in [-0.39, 0.29) is 5.91 Å². The summed E-state index contributed by atoms with van der Waals surface area (Å²) >= 11 is 0. The minimum absolute atomic E-state index is 0.00250. The van der Waals surface area contributed by atoms with Crippen molar-refractivity contribution in [1.82, 2.24) is 14.9 Å². The first-order chi connectivity index (χ1) is 11.6. The summed E-state index contributed by atoms with van der Waals surface area (Å²) < 4.78 is 0. The van der Waals surface area contributed by atoms with Crippen molar-refractivity contribution in [3.05, 3.63) is 47.9 Å². The normalized spacial score (nSPS) is 14.7. The van der Waals surface area contributed by atoms with E-state index >= 15 is 0 Å². The highest BCUT2D eigenvalue weighted by Crippen LogP contribution is 2.26. The smallest absolute Gasteiger partial charge is 0.272 e. The number of benzene rings is 1. The number of hydrogen-bond acceptors (Lipinski definition) is 4. The molecule has 1 aliphatic rings. The van der Waals surface area contributed by atoms with Crippen LogP contribution in [0.4, 0.5) is 11.5 Å². The van der Waals surface area contributed by atoms with Crippen LogP contribution in [0, 0.1) is 0 Å². The molecule has 0 aliphatic carbocycles. The lowest BCUT2D eigenvalue weighted by atomic mass is 10.0. The number of para-hydroxylation sites is 1. The van der Waals surface area contributed by atoms with E-state index in [9.17, 15) is 4.79 Å². The SMILES string of the molecule is CC(C)c1ccccc1Nc1cc(C(=O)N2CCCCC2)ncn1. The molecule has 2 aromatic rings. The molecule has 5 nitrogen and oxygen atoms in total. The Bertz CT molecular complexity index is 708. The molecule has 126 valence electrons. The molecule has 1 aromatic heterocycles. The number of piperidine rings is 1. The molecular weight excluding hydrogens is 300 g/mol. The zero-order chi connectivity index (χ0) is 16.9. The van der Waals surface area contributed by atoms with Crippen LogP contribution >= 0.6 is 0 Å². The number of hydrogen-bond donors (Lipinski definition) is 1. The van der Waals surface area contributed by atoms with Crippen LogP contribution < -0.4 is 5.32 Å². The van der Waals surface area contributed by atoms with E-state index in [1.807, 2.05) is 23.1 Å². The molecule has 1 amide bonds. The van der Waals surface area contributed by atoms with Crippen LogP contribution in [0.1, 0.15) is 55.1 Å². The highest BCUT2D eigenvalue weighted by Gasteiger charge is 2.19. The Hall–Kier alpha value is -2.43. The molecule has 1 fully saturated rings. The van der Waals surface area contributed by atoms with Crippen molar-refractivity contribution in [2.24, 2.45) is 0 Å². The van der Waals surface area contributed by atoms with Gasteiger partial charge in [0, 0.05) is 24.8 Å². The van der Waals surface area contributed by atoms with Crippen molar-refractivity contribution < 1.29 is 4.79 Å². The van der Waals surface area contributed by atoms with Gasteiger partial charge in [-0.15, -0.1) is 0 Å². The molecule has 0 spiro atoms. The predicted molar refractivity (Wildman–Crippen MR) is 95.6 cm³/mol. The average Bonchev–Trinajstić information content (AvgIpc) is 2.62. The Balaban J connectivity index is 1.80. The summed E-state index contributed by atoms with van der Waals surface area (Å²) in [6.45, 7) is 5.96. The Morgan fingerprint density at radius 2 is 1.88 bits per heavy atom. The van der Waals surface area contributed by atoms with Crippen molar-refractivity contribution in [3.8, 4) is 0 Å². The Morgan fingerprint density at radius 3 is 2.62 bits per heavy atom. The summed E-state index contributed by atoms with van der Waals surface area (Å²) in [5.41, 5.74) is 2.69. The molecule has 5 heteroatoms. The second-order valence-electron chi connectivity index (χ2n) is 6.51. The van der Waals surface area contributed by atoms with Gasteiger partial charge in [-0.05, 0) is 36.8 Å². The van der Waals surface area contributed by atoms with E-state index in [0.29, 0.717) is 17.4 Å². The zero-order valence-corrected chi connectivity index (χ0v) is 14.3. The molecule has 0 bridgehead atoms. The van der Waals surface area contributed by atoms with Crippen LogP contribution in [0.5, 0.6) is 0 Å². The maximum atomic E-state index is 12.6. The van der Waals surface area contributed by atoms with Crippen molar-refractivity contribution in [2.75, 3.05) is 18.4 Å². The van der Waals surface area contributed by atoms with Gasteiger partial charge in [0.05, 0.1) is 0 Å². The Kier molecular flexibility index (Phi) is 5.08. The second kappa shape index (κ2) is 7.43. The third-order valence-corrected chi connectivity index (χ3v) is 4.38. The molecule has 0 radical (unpaired) electrons. The summed E-state index contributed by atoms with van der Waals surface area (Å²) in [5, 5.41) is 3.33. The molecule has 24 heavy (non-hydrogen) atoms. The average molecular weight is 324 g/mol. The third-order valence-electron chi connectivity index (χ3n) is 4.38. The van der Waals surface area contributed by atoms with E-state index in [2.05, 4.69) is 35.2 Å². The van der Waals surface area contributed by atoms with Crippen LogP contribution in [-0.2, 0) is 0 Å². The number of likely N-dealkylation sites (tertiary alicyclic amines) is 1. The van der Waals surface area contributed by atoms with Gasteiger partial charge in [-0.2, -0.15) is 0 Å².